The van der Waals surface area contributed by atoms with Gasteiger partial charge in [-0.05, 0) is 19.9 Å². The van der Waals surface area contributed by atoms with Crippen molar-refractivity contribution in [3.05, 3.63) is 17.2 Å². The van der Waals surface area contributed by atoms with Crippen LogP contribution in [0.5, 0.6) is 0 Å². The van der Waals surface area contributed by atoms with E-state index < -0.39 is 0 Å². The second kappa shape index (κ2) is 3.72. The van der Waals surface area contributed by atoms with E-state index in [2.05, 4.69) is 29.1 Å². The summed E-state index contributed by atoms with van der Waals surface area (Å²) in [6.07, 6.45) is 0. The molecule has 0 unspecified atom stereocenters. The second-order valence-electron chi connectivity index (χ2n) is 3.37. The van der Waals surface area contributed by atoms with E-state index in [1.54, 1.807) is 0 Å². The first-order valence-corrected chi connectivity index (χ1v) is 4.35. The predicted molar refractivity (Wildman–Crippen MR) is 50.2 cm³/mol. The molecule has 0 saturated heterocycles. The van der Waals surface area contributed by atoms with Crippen LogP contribution in [0.15, 0.2) is 0 Å². The minimum atomic E-state index is 0.498. The van der Waals surface area contributed by atoms with Crippen LogP contribution in [0.3, 0.4) is 0 Å². The second-order valence-corrected chi connectivity index (χ2v) is 3.37. The van der Waals surface area contributed by atoms with E-state index in [1.165, 1.54) is 11.4 Å². The van der Waals surface area contributed by atoms with E-state index >= 15 is 0 Å². The molecule has 0 amide bonds. The highest BCUT2D eigenvalue weighted by atomic mass is 15.0. The number of nitrogens with one attached hydrogen (secondary N) is 2. The number of aromatic nitrogens is 2. The molecular formula is C9H17N3. The summed E-state index contributed by atoms with van der Waals surface area (Å²) in [6.45, 7) is 7.18. The van der Waals surface area contributed by atoms with Crippen molar-refractivity contribution in [3.63, 3.8) is 0 Å². The summed E-state index contributed by atoms with van der Waals surface area (Å²) in [5, 5.41) is 3.12. The van der Waals surface area contributed by atoms with Gasteiger partial charge in [0.1, 0.15) is 5.82 Å². The van der Waals surface area contributed by atoms with E-state index in [0.717, 1.165) is 12.4 Å². The van der Waals surface area contributed by atoms with Gasteiger partial charge in [-0.2, -0.15) is 0 Å². The molecule has 0 fully saturated rings. The van der Waals surface area contributed by atoms with Crippen LogP contribution in [0.4, 0.5) is 0 Å². The Morgan fingerprint density at radius 3 is 2.67 bits per heavy atom. The minimum Gasteiger partial charge on any atom is -0.345 e. The lowest BCUT2D eigenvalue weighted by Gasteiger charge is -2.03. The molecule has 0 saturated carbocycles. The van der Waals surface area contributed by atoms with Gasteiger partial charge in [-0.1, -0.05) is 13.8 Å². The third kappa shape index (κ3) is 1.85. The first kappa shape index (κ1) is 9.26. The predicted octanol–water partition coefficient (Wildman–Crippen LogP) is 1.56. The topological polar surface area (TPSA) is 40.7 Å². The van der Waals surface area contributed by atoms with Gasteiger partial charge in [-0.15, -0.1) is 0 Å². The van der Waals surface area contributed by atoms with Gasteiger partial charge in [0.25, 0.3) is 0 Å². The van der Waals surface area contributed by atoms with Crippen LogP contribution in [-0.2, 0) is 6.54 Å². The van der Waals surface area contributed by atoms with Gasteiger partial charge in [0, 0.05) is 6.54 Å². The molecule has 1 heterocycles. The fourth-order valence-corrected chi connectivity index (χ4v) is 1.35. The molecule has 0 aliphatic carbocycles. The summed E-state index contributed by atoms with van der Waals surface area (Å²) in [7, 11) is 1.94. The first-order valence-electron chi connectivity index (χ1n) is 4.35. The third-order valence-electron chi connectivity index (χ3n) is 1.83. The van der Waals surface area contributed by atoms with Gasteiger partial charge in [0.15, 0.2) is 0 Å². The average molecular weight is 167 g/mol. The van der Waals surface area contributed by atoms with Crippen molar-refractivity contribution >= 4 is 0 Å². The van der Waals surface area contributed by atoms with Crippen LogP contribution in [0.25, 0.3) is 0 Å². The molecule has 0 aromatic carbocycles. The Labute approximate surface area is 73.6 Å². The quantitative estimate of drug-likeness (QED) is 0.717. The summed E-state index contributed by atoms with van der Waals surface area (Å²) in [4.78, 5) is 7.69. The van der Waals surface area contributed by atoms with Crippen LogP contribution in [0.1, 0.15) is 37.0 Å². The van der Waals surface area contributed by atoms with Gasteiger partial charge in [-0.25, -0.2) is 4.98 Å². The average Bonchev–Trinajstić information content (AvgIpc) is 2.32. The Balaban J connectivity index is 2.92. The van der Waals surface area contributed by atoms with Crippen molar-refractivity contribution in [1.29, 1.82) is 0 Å². The first-order chi connectivity index (χ1) is 5.65. The standard InChI is InChI=1S/C9H17N3/c1-6(2)9-8(5-10-4)11-7(3)12-9/h6,10H,5H2,1-4H3,(H,11,12). The monoisotopic (exact) mass is 167 g/mol. The number of rotatable bonds is 3. The number of hydrogen-bond acceptors (Lipinski definition) is 2. The number of aryl methyl sites for hydroxylation is 1. The van der Waals surface area contributed by atoms with Gasteiger partial charge in [0.2, 0.25) is 0 Å². The zero-order valence-electron chi connectivity index (χ0n) is 8.23. The lowest BCUT2D eigenvalue weighted by Crippen LogP contribution is -2.08. The molecule has 0 bridgehead atoms. The van der Waals surface area contributed by atoms with E-state index in [-0.39, 0.29) is 0 Å². The molecule has 0 aliphatic rings. The Morgan fingerprint density at radius 1 is 1.50 bits per heavy atom. The van der Waals surface area contributed by atoms with Crippen molar-refractivity contribution in [2.45, 2.75) is 33.2 Å². The summed E-state index contributed by atoms with van der Waals surface area (Å²) in [5.74, 6) is 1.50. The number of nitrogens with zero attached hydrogens (tertiary/aromatic N) is 1. The van der Waals surface area contributed by atoms with E-state index in [4.69, 9.17) is 0 Å². The minimum absolute atomic E-state index is 0.498. The lowest BCUT2D eigenvalue weighted by molar-refractivity contribution is 0.750. The molecule has 68 valence electrons. The molecule has 0 aliphatic heterocycles. The van der Waals surface area contributed by atoms with Gasteiger partial charge in [-0.3, -0.25) is 0 Å². The molecule has 3 nitrogen and oxygen atoms in total. The fourth-order valence-electron chi connectivity index (χ4n) is 1.35. The summed E-state index contributed by atoms with van der Waals surface area (Å²) in [6, 6.07) is 0. The maximum atomic E-state index is 4.43. The van der Waals surface area contributed by atoms with Crippen molar-refractivity contribution in [1.82, 2.24) is 15.3 Å². The molecule has 0 radical (unpaired) electrons. The summed E-state index contributed by atoms with van der Waals surface area (Å²) in [5.41, 5.74) is 2.40. The third-order valence-corrected chi connectivity index (χ3v) is 1.83. The molecule has 1 aromatic rings. The zero-order valence-corrected chi connectivity index (χ0v) is 8.23. The Hall–Kier alpha value is -0.830. The molecule has 1 rings (SSSR count). The Bertz CT molecular complexity index is 250. The summed E-state index contributed by atoms with van der Waals surface area (Å²) < 4.78 is 0. The number of imidazole rings is 1. The van der Waals surface area contributed by atoms with E-state index in [0.29, 0.717) is 5.92 Å². The van der Waals surface area contributed by atoms with Crippen LogP contribution in [0.2, 0.25) is 0 Å². The Kier molecular flexibility index (Phi) is 2.87. The molecule has 3 heteroatoms. The largest absolute Gasteiger partial charge is 0.345 e. The smallest absolute Gasteiger partial charge is 0.103 e. The van der Waals surface area contributed by atoms with Crippen LogP contribution >= 0.6 is 0 Å². The van der Waals surface area contributed by atoms with E-state index in [9.17, 15) is 0 Å². The maximum Gasteiger partial charge on any atom is 0.103 e. The molecule has 0 atom stereocenters. The highest BCUT2D eigenvalue weighted by molar-refractivity contribution is 5.17. The molecule has 12 heavy (non-hydrogen) atoms. The molecular weight excluding hydrogens is 150 g/mol. The maximum absolute atomic E-state index is 4.43. The fraction of sp³-hybridized carbons (Fsp3) is 0.667. The van der Waals surface area contributed by atoms with E-state index in [1.807, 2.05) is 14.0 Å². The van der Waals surface area contributed by atoms with Gasteiger partial charge < -0.3 is 10.3 Å². The highest BCUT2D eigenvalue weighted by Gasteiger charge is 2.09. The SMILES string of the molecule is CNCc1[nH]c(C)nc1C(C)C. The van der Waals surface area contributed by atoms with Crippen molar-refractivity contribution in [3.8, 4) is 0 Å². The number of hydrogen-bond donors (Lipinski definition) is 2. The lowest BCUT2D eigenvalue weighted by atomic mass is 10.1. The van der Waals surface area contributed by atoms with Crippen molar-refractivity contribution in [2.24, 2.45) is 0 Å². The zero-order chi connectivity index (χ0) is 9.14. The highest BCUT2D eigenvalue weighted by Crippen LogP contribution is 2.16. The molecule has 2 N–H and O–H groups in total. The van der Waals surface area contributed by atoms with Gasteiger partial charge >= 0.3 is 0 Å². The molecule has 1 aromatic heterocycles. The van der Waals surface area contributed by atoms with Crippen LogP contribution in [-0.4, -0.2) is 17.0 Å². The number of H-pyrrole nitrogens is 1. The molecule has 0 spiro atoms. The van der Waals surface area contributed by atoms with Gasteiger partial charge in [0.05, 0.1) is 11.4 Å². The number of aromatic amines is 1. The summed E-state index contributed by atoms with van der Waals surface area (Å²) >= 11 is 0. The normalized spacial score (nSPS) is 11.1. The Morgan fingerprint density at radius 2 is 2.17 bits per heavy atom. The van der Waals surface area contributed by atoms with Crippen molar-refractivity contribution in [2.75, 3.05) is 7.05 Å². The van der Waals surface area contributed by atoms with Crippen LogP contribution in [0, 0.1) is 6.92 Å². The van der Waals surface area contributed by atoms with Crippen molar-refractivity contribution < 1.29 is 0 Å². The van der Waals surface area contributed by atoms with Crippen LogP contribution < -0.4 is 5.32 Å².